The fourth-order valence-corrected chi connectivity index (χ4v) is 3.88. The molecule has 184 valence electrons. The molecule has 1 saturated heterocycles. The number of pyridine rings is 1. The second-order valence-electron chi connectivity index (χ2n) is 8.24. The standard InChI is InChI=1S/C25H23F4N3O3/c1-30-15-23(35-16-17-5-7-19(26)8-6-17)22(33)14-21(30)24(34)32-11-9-31(10-12-32)20-4-2-3-18(13-20)25(27,28)29/h2-8,13-15H,9-12,16H2,1H3. The molecule has 6 nitrogen and oxygen atoms in total. The van der Waals surface area contributed by atoms with Gasteiger partial charge in [0, 0.05) is 45.0 Å². The number of rotatable bonds is 5. The highest BCUT2D eigenvalue weighted by atomic mass is 19.4. The minimum atomic E-state index is -4.42. The van der Waals surface area contributed by atoms with E-state index in [9.17, 15) is 27.2 Å². The first-order chi connectivity index (χ1) is 16.6. The van der Waals surface area contributed by atoms with Gasteiger partial charge in [-0.3, -0.25) is 9.59 Å². The molecule has 2 aromatic carbocycles. The fourth-order valence-electron chi connectivity index (χ4n) is 3.88. The van der Waals surface area contributed by atoms with Crippen LogP contribution in [0.2, 0.25) is 0 Å². The maximum absolute atomic E-state index is 13.0. The van der Waals surface area contributed by atoms with Crippen LogP contribution in [0.3, 0.4) is 0 Å². The van der Waals surface area contributed by atoms with Gasteiger partial charge in [0.2, 0.25) is 5.43 Å². The summed E-state index contributed by atoms with van der Waals surface area (Å²) in [5.41, 5.74) is 0.132. The lowest BCUT2D eigenvalue weighted by molar-refractivity contribution is -0.137. The van der Waals surface area contributed by atoms with Gasteiger partial charge >= 0.3 is 6.18 Å². The lowest BCUT2D eigenvalue weighted by Crippen LogP contribution is -2.49. The SMILES string of the molecule is Cn1cc(OCc2ccc(F)cc2)c(=O)cc1C(=O)N1CCN(c2cccc(C(F)(F)F)c2)CC1. The largest absolute Gasteiger partial charge is 0.483 e. The minimum Gasteiger partial charge on any atom is -0.483 e. The van der Waals surface area contributed by atoms with Crippen LogP contribution in [0.25, 0.3) is 0 Å². The first-order valence-corrected chi connectivity index (χ1v) is 10.9. The first-order valence-electron chi connectivity index (χ1n) is 10.9. The molecule has 0 spiro atoms. The molecule has 1 fully saturated rings. The molecule has 1 aromatic heterocycles. The van der Waals surface area contributed by atoms with E-state index in [0.29, 0.717) is 37.4 Å². The molecule has 4 rings (SSSR count). The van der Waals surface area contributed by atoms with Gasteiger partial charge in [-0.2, -0.15) is 13.2 Å². The van der Waals surface area contributed by atoms with Gasteiger partial charge < -0.3 is 19.1 Å². The zero-order valence-electron chi connectivity index (χ0n) is 18.9. The van der Waals surface area contributed by atoms with E-state index in [-0.39, 0.29) is 29.8 Å². The molecular formula is C25H23F4N3O3. The number of anilines is 1. The van der Waals surface area contributed by atoms with E-state index in [1.54, 1.807) is 35.0 Å². The van der Waals surface area contributed by atoms with E-state index < -0.39 is 17.2 Å². The summed E-state index contributed by atoms with van der Waals surface area (Å²) in [6.45, 7) is 1.39. The lowest BCUT2D eigenvalue weighted by atomic mass is 10.1. The van der Waals surface area contributed by atoms with E-state index in [0.717, 1.165) is 12.1 Å². The van der Waals surface area contributed by atoms with Crippen molar-refractivity contribution in [2.24, 2.45) is 7.05 Å². The highest BCUT2D eigenvalue weighted by molar-refractivity contribution is 5.92. The summed E-state index contributed by atoms with van der Waals surface area (Å²) in [4.78, 5) is 28.9. The Labute approximate surface area is 199 Å². The first kappa shape index (κ1) is 24.3. The Morgan fingerprint density at radius 3 is 2.34 bits per heavy atom. The van der Waals surface area contributed by atoms with Crippen molar-refractivity contribution in [2.45, 2.75) is 12.8 Å². The zero-order chi connectivity index (χ0) is 25.2. The molecule has 0 saturated carbocycles. The molecule has 0 unspecified atom stereocenters. The van der Waals surface area contributed by atoms with Crippen molar-refractivity contribution in [3.05, 3.63) is 93.7 Å². The maximum atomic E-state index is 13.0. The quantitative estimate of drug-likeness (QED) is 0.507. The second kappa shape index (κ2) is 9.81. The van der Waals surface area contributed by atoms with E-state index in [1.807, 2.05) is 0 Å². The van der Waals surface area contributed by atoms with Crippen molar-refractivity contribution >= 4 is 11.6 Å². The molecule has 3 aromatic rings. The molecule has 0 radical (unpaired) electrons. The summed E-state index contributed by atoms with van der Waals surface area (Å²) in [5.74, 6) is -0.663. The van der Waals surface area contributed by atoms with Gasteiger partial charge in [0.1, 0.15) is 18.1 Å². The number of aromatic nitrogens is 1. The van der Waals surface area contributed by atoms with Crippen LogP contribution in [0.1, 0.15) is 21.6 Å². The topological polar surface area (TPSA) is 54.8 Å². The lowest BCUT2D eigenvalue weighted by Gasteiger charge is -2.36. The molecule has 0 aliphatic carbocycles. The monoisotopic (exact) mass is 489 g/mol. The predicted octanol–water partition coefficient (Wildman–Crippen LogP) is 4.08. The fraction of sp³-hybridized carbons (Fsp3) is 0.280. The van der Waals surface area contributed by atoms with E-state index in [4.69, 9.17) is 4.74 Å². The van der Waals surface area contributed by atoms with Crippen molar-refractivity contribution in [3.63, 3.8) is 0 Å². The Kier molecular flexibility index (Phi) is 6.81. The van der Waals surface area contributed by atoms with Gasteiger partial charge in [-0.05, 0) is 35.9 Å². The normalized spacial score (nSPS) is 14.2. The highest BCUT2D eigenvalue weighted by Gasteiger charge is 2.31. The Morgan fingerprint density at radius 2 is 1.69 bits per heavy atom. The smallest absolute Gasteiger partial charge is 0.416 e. The Balaban J connectivity index is 1.40. The van der Waals surface area contributed by atoms with Crippen LogP contribution in [-0.4, -0.2) is 41.6 Å². The molecule has 0 atom stereocenters. The van der Waals surface area contributed by atoms with Gasteiger partial charge in [-0.15, -0.1) is 0 Å². The third-order valence-electron chi connectivity index (χ3n) is 5.83. The summed E-state index contributed by atoms with van der Waals surface area (Å²) in [6, 6.07) is 12.0. The number of nitrogens with zero attached hydrogens (tertiary/aromatic N) is 3. The van der Waals surface area contributed by atoms with Crippen LogP contribution in [0.4, 0.5) is 23.2 Å². The van der Waals surface area contributed by atoms with Crippen molar-refractivity contribution in [1.29, 1.82) is 0 Å². The van der Waals surface area contributed by atoms with Crippen molar-refractivity contribution in [3.8, 4) is 5.75 Å². The second-order valence-corrected chi connectivity index (χ2v) is 8.24. The van der Waals surface area contributed by atoms with Gasteiger partial charge in [-0.1, -0.05) is 18.2 Å². The van der Waals surface area contributed by atoms with Crippen LogP contribution in [0, 0.1) is 5.82 Å². The van der Waals surface area contributed by atoms with Crippen LogP contribution in [0.15, 0.2) is 65.6 Å². The van der Waals surface area contributed by atoms with Gasteiger partial charge in [-0.25, -0.2) is 4.39 Å². The molecule has 35 heavy (non-hydrogen) atoms. The molecule has 0 N–H and O–H groups in total. The molecule has 0 bridgehead atoms. The number of amides is 1. The number of hydrogen-bond acceptors (Lipinski definition) is 4. The van der Waals surface area contributed by atoms with Crippen molar-refractivity contribution < 1.29 is 27.1 Å². The molecule has 10 heteroatoms. The highest BCUT2D eigenvalue weighted by Crippen LogP contribution is 2.32. The van der Waals surface area contributed by atoms with Gasteiger partial charge in [0.25, 0.3) is 5.91 Å². The van der Waals surface area contributed by atoms with Crippen LogP contribution >= 0.6 is 0 Å². The van der Waals surface area contributed by atoms with Crippen molar-refractivity contribution in [1.82, 2.24) is 9.47 Å². The van der Waals surface area contributed by atoms with Crippen molar-refractivity contribution in [2.75, 3.05) is 31.1 Å². The Hall–Kier alpha value is -3.82. The number of hydrogen-bond donors (Lipinski definition) is 0. The number of piperazine rings is 1. The number of aryl methyl sites for hydroxylation is 1. The maximum Gasteiger partial charge on any atom is 0.416 e. The van der Waals surface area contributed by atoms with E-state index in [2.05, 4.69) is 0 Å². The zero-order valence-corrected chi connectivity index (χ0v) is 18.9. The summed E-state index contributed by atoms with van der Waals surface area (Å²) >= 11 is 0. The number of benzene rings is 2. The molecule has 2 heterocycles. The predicted molar refractivity (Wildman–Crippen MR) is 122 cm³/mol. The third-order valence-corrected chi connectivity index (χ3v) is 5.83. The Bertz CT molecular complexity index is 1260. The molecule has 1 amide bonds. The number of alkyl halides is 3. The number of carbonyl (C=O) groups is 1. The van der Waals surface area contributed by atoms with Crippen LogP contribution in [0.5, 0.6) is 5.75 Å². The summed E-state index contributed by atoms with van der Waals surface area (Å²) < 4.78 is 59.1. The van der Waals surface area contributed by atoms with Gasteiger partial charge in [0.15, 0.2) is 5.75 Å². The minimum absolute atomic E-state index is 0.0581. The van der Waals surface area contributed by atoms with E-state index >= 15 is 0 Å². The van der Waals surface area contributed by atoms with Crippen LogP contribution < -0.4 is 15.1 Å². The average molecular weight is 489 g/mol. The number of ether oxygens (including phenoxy) is 1. The molecule has 1 aliphatic rings. The summed E-state index contributed by atoms with van der Waals surface area (Å²) in [7, 11) is 1.62. The average Bonchev–Trinajstić information content (AvgIpc) is 2.84. The molecule has 1 aliphatic heterocycles. The summed E-state index contributed by atoms with van der Waals surface area (Å²) in [5, 5.41) is 0. The number of halogens is 4. The van der Waals surface area contributed by atoms with Gasteiger partial charge in [0.05, 0.1) is 11.8 Å². The molecular weight excluding hydrogens is 466 g/mol. The Morgan fingerprint density at radius 1 is 1.00 bits per heavy atom. The summed E-state index contributed by atoms with van der Waals surface area (Å²) in [6.07, 6.45) is -2.99. The third kappa shape index (κ3) is 5.64. The van der Waals surface area contributed by atoms with E-state index in [1.165, 1.54) is 35.0 Å². The van der Waals surface area contributed by atoms with Crippen LogP contribution in [-0.2, 0) is 19.8 Å². The number of carbonyl (C=O) groups excluding carboxylic acids is 1.